The third kappa shape index (κ3) is 5.42. The smallest absolute Gasteiger partial charge is 0.195 e. The van der Waals surface area contributed by atoms with Gasteiger partial charge in [-0.1, -0.05) is 0 Å². The van der Waals surface area contributed by atoms with Crippen LogP contribution in [-0.4, -0.2) is 38.8 Å². The second-order valence-corrected chi connectivity index (χ2v) is 7.08. The summed E-state index contributed by atoms with van der Waals surface area (Å²) in [5, 5.41) is 9.55. The van der Waals surface area contributed by atoms with E-state index in [-0.39, 0.29) is 0 Å². The molecule has 0 saturated heterocycles. The maximum absolute atomic E-state index is 5.56. The Labute approximate surface area is 180 Å². The molecule has 3 aromatic rings. The first-order valence-electron chi connectivity index (χ1n) is 9.54. The van der Waals surface area contributed by atoms with Crippen LogP contribution in [-0.2, 0) is 6.54 Å². The minimum Gasteiger partial charge on any atom is -0.497 e. The lowest BCUT2D eigenvalue weighted by Gasteiger charge is -2.14. The standard InChI is InChI=1S/C22H26N4O3S/c1-5-29-19-11-8-16(12-20(19)28-4)26-22(23-2)24-13-17-14-30-21(25-17)15-6-9-18(27-3)10-7-15/h6-12,14H,5,13H2,1-4H3,(H2,23,24,26). The van der Waals surface area contributed by atoms with Crippen LogP contribution in [0.4, 0.5) is 5.69 Å². The summed E-state index contributed by atoms with van der Waals surface area (Å²) in [6.07, 6.45) is 0. The Hall–Kier alpha value is -3.26. The van der Waals surface area contributed by atoms with Gasteiger partial charge in [0.25, 0.3) is 0 Å². The molecule has 0 amide bonds. The minimum absolute atomic E-state index is 0.556. The van der Waals surface area contributed by atoms with Crippen molar-refractivity contribution >= 4 is 23.0 Å². The normalized spacial score (nSPS) is 11.1. The van der Waals surface area contributed by atoms with Crippen molar-refractivity contribution in [1.82, 2.24) is 10.3 Å². The van der Waals surface area contributed by atoms with Crippen LogP contribution in [0.2, 0.25) is 0 Å². The number of rotatable bonds is 8. The van der Waals surface area contributed by atoms with Gasteiger partial charge in [-0.15, -0.1) is 11.3 Å². The highest BCUT2D eigenvalue weighted by Gasteiger charge is 2.09. The van der Waals surface area contributed by atoms with E-state index in [2.05, 4.69) is 15.6 Å². The zero-order valence-corrected chi connectivity index (χ0v) is 18.4. The molecule has 0 aliphatic heterocycles. The number of ether oxygens (including phenoxy) is 3. The molecule has 158 valence electrons. The van der Waals surface area contributed by atoms with Gasteiger partial charge < -0.3 is 24.8 Å². The maximum atomic E-state index is 5.56. The Morgan fingerprint density at radius 1 is 1.07 bits per heavy atom. The Morgan fingerprint density at radius 2 is 1.87 bits per heavy atom. The Morgan fingerprint density at radius 3 is 2.53 bits per heavy atom. The predicted molar refractivity (Wildman–Crippen MR) is 122 cm³/mol. The summed E-state index contributed by atoms with van der Waals surface area (Å²) in [4.78, 5) is 8.99. The molecule has 0 fully saturated rings. The molecule has 0 aliphatic rings. The number of methoxy groups -OCH3 is 2. The number of benzene rings is 2. The van der Waals surface area contributed by atoms with Gasteiger partial charge in [0.05, 0.1) is 33.1 Å². The molecule has 1 heterocycles. The third-order valence-electron chi connectivity index (χ3n) is 4.28. The lowest BCUT2D eigenvalue weighted by atomic mass is 10.2. The second-order valence-electron chi connectivity index (χ2n) is 6.22. The average Bonchev–Trinajstić information content (AvgIpc) is 3.26. The number of aromatic nitrogens is 1. The largest absolute Gasteiger partial charge is 0.497 e. The first-order valence-corrected chi connectivity index (χ1v) is 10.4. The molecule has 8 heteroatoms. The first-order chi connectivity index (χ1) is 14.7. The molecule has 1 aromatic heterocycles. The SMILES string of the molecule is CCOc1ccc(NC(=NC)NCc2csc(-c3ccc(OC)cc3)n2)cc1OC. The second kappa shape index (κ2) is 10.5. The molecular weight excluding hydrogens is 400 g/mol. The molecule has 0 atom stereocenters. The van der Waals surface area contributed by atoms with Gasteiger partial charge in [-0.3, -0.25) is 4.99 Å². The molecule has 2 N–H and O–H groups in total. The van der Waals surface area contributed by atoms with E-state index >= 15 is 0 Å². The van der Waals surface area contributed by atoms with Crippen molar-refractivity contribution in [1.29, 1.82) is 0 Å². The maximum Gasteiger partial charge on any atom is 0.195 e. The van der Waals surface area contributed by atoms with E-state index in [4.69, 9.17) is 19.2 Å². The summed E-state index contributed by atoms with van der Waals surface area (Å²) in [7, 11) is 5.01. The summed E-state index contributed by atoms with van der Waals surface area (Å²) in [6, 6.07) is 13.6. The van der Waals surface area contributed by atoms with Gasteiger partial charge >= 0.3 is 0 Å². The Bertz CT molecular complexity index is 986. The number of thiazole rings is 1. The highest BCUT2D eigenvalue weighted by atomic mass is 32.1. The van der Waals surface area contributed by atoms with Gasteiger partial charge in [-0.25, -0.2) is 4.98 Å². The van der Waals surface area contributed by atoms with Gasteiger partial charge in [0.1, 0.15) is 10.8 Å². The van der Waals surface area contributed by atoms with Gasteiger partial charge in [-0.2, -0.15) is 0 Å². The molecule has 0 saturated carbocycles. The summed E-state index contributed by atoms with van der Waals surface area (Å²) in [5.41, 5.74) is 2.86. The van der Waals surface area contributed by atoms with Crippen molar-refractivity contribution in [2.75, 3.05) is 33.2 Å². The van der Waals surface area contributed by atoms with Crippen molar-refractivity contribution in [2.45, 2.75) is 13.5 Å². The molecule has 0 bridgehead atoms. The van der Waals surface area contributed by atoms with Crippen LogP contribution in [0, 0.1) is 0 Å². The van der Waals surface area contributed by atoms with Crippen molar-refractivity contribution in [3.8, 4) is 27.8 Å². The highest BCUT2D eigenvalue weighted by Crippen LogP contribution is 2.30. The van der Waals surface area contributed by atoms with E-state index in [1.54, 1.807) is 32.6 Å². The van der Waals surface area contributed by atoms with Gasteiger partial charge in [-0.05, 0) is 43.3 Å². The van der Waals surface area contributed by atoms with E-state index < -0.39 is 0 Å². The van der Waals surface area contributed by atoms with Crippen molar-refractivity contribution in [3.05, 3.63) is 53.5 Å². The fraction of sp³-hybridized carbons (Fsp3) is 0.273. The first kappa shape index (κ1) is 21.4. The molecule has 0 unspecified atom stereocenters. The topological polar surface area (TPSA) is 77.0 Å². The number of guanidine groups is 1. The number of hydrogen-bond donors (Lipinski definition) is 2. The summed E-state index contributed by atoms with van der Waals surface area (Å²) in [6.45, 7) is 3.08. The van der Waals surface area contributed by atoms with Crippen LogP contribution < -0.4 is 24.8 Å². The number of hydrogen-bond acceptors (Lipinski definition) is 6. The molecule has 0 aliphatic carbocycles. The van der Waals surface area contributed by atoms with E-state index in [0.717, 1.165) is 27.7 Å². The van der Waals surface area contributed by atoms with Crippen LogP contribution in [0.25, 0.3) is 10.6 Å². The molecule has 3 rings (SSSR count). The Kier molecular flexibility index (Phi) is 7.51. The van der Waals surface area contributed by atoms with Crippen LogP contribution in [0.3, 0.4) is 0 Å². The highest BCUT2D eigenvalue weighted by molar-refractivity contribution is 7.13. The van der Waals surface area contributed by atoms with Crippen LogP contribution in [0.1, 0.15) is 12.6 Å². The van der Waals surface area contributed by atoms with Crippen molar-refractivity contribution < 1.29 is 14.2 Å². The van der Waals surface area contributed by atoms with Crippen molar-refractivity contribution in [2.24, 2.45) is 4.99 Å². The zero-order chi connectivity index (χ0) is 21.3. The fourth-order valence-corrected chi connectivity index (χ4v) is 3.59. The van der Waals surface area contributed by atoms with Crippen molar-refractivity contribution in [3.63, 3.8) is 0 Å². The lowest BCUT2D eigenvalue weighted by molar-refractivity contribution is 0.311. The fourth-order valence-electron chi connectivity index (χ4n) is 2.76. The van der Waals surface area contributed by atoms with Crippen LogP contribution >= 0.6 is 11.3 Å². The molecule has 30 heavy (non-hydrogen) atoms. The molecule has 0 spiro atoms. The monoisotopic (exact) mass is 426 g/mol. The van der Waals surface area contributed by atoms with Crippen LogP contribution in [0.5, 0.6) is 17.2 Å². The van der Waals surface area contributed by atoms with E-state index in [1.807, 2.05) is 54.8 Å². The summed E-state index contributed by atoms with van der Waals surface area (Å²) in [5.74, 6) is 2.85. The van der Waals surface area contributed by atoms with Gasteiger partial charge in [0.15, 0.2) is 17.5 Å². The zero-order valence-electron chi connectivity index (χ0n) is 17.6. The molecule has 2 aromatic carbocycles. The molecule has 7 nitrogen and oxygen atoms in total. The lowest BCUT2D eigenvalue weighted by Crippen LogP contribution is -2.30. The molecule has 0 radical (unpaired) electrons. The van der Waals surface area contributed by atoms with Crippen LogP contribution in [0.15, 0.2) is 52.8 Å². The van der Waals surface area contributed by atoms with E-state index in [9.17, 15) is 0 Å². The number of nitrogens with one attached hydrogen (secondary N) is 2. The number of aliphatic imine (C=N–C) groups is 1. The van der Waals surface area contributed by atoms with Gasteiger partial charge in [0, 0.05) is 29.7 Å². The predicted octanol–water partition coefficient (Wildman–Crippen LogP) is 4.41. The third-order valence-corrected chi connectivity index (χ3v) is 5.22. The average molecular weight is 427 g/mol. The summed E-state index contributed by atoms with van der Waals surface area (Å²) >= 11 is 1.61. The number of anilines is 1. The summed E-state index contributed by atoms with van der Waals surface area (Å²) < 4.78 is 16.2. The quantitative estimate of drug-likeness (QED) is 0.410. The van der Waals surface area contributed by atoms with E-state index in [0.29, 0.717) is 30.6 Å². The minimum atomic E-state index is 0.556. The molecular formula is C22H26N4O3S. The van der Waals surface area contributed by atoms with E-state index in [1.165, 1.54) is 0 Å². The number of nitrogens with zero attached hydrogens (tertiary/aromatic N) is 2. The van der Waals surface area contributed by atoms with Gasteiger partial charge in [0.2, 0.25) is 0 Å². The Balaban J connectivity index is 1.61.